The minimum atomic E-state index is -0.630. The highest BCUT2D eigenvalue weighted by atomic mass is 35.5. The van der Waals surface area contributed by atoms with Crippen molar-refractivity contribution < 1.29 is 19.1 Å². The van der Waals surface area contributed by atoms with Crippen LogP contribution in [0, 0.1) is 0 Å². The first-order valence-corrected chi connectivity index (χ1v) is 7.92. The summed E-state index contributed by atoms with van der Waals surface area (Å²) in [6.45, 7) is 0.472. The number of cyclic esters (lactones) is 1. The van der Waals surface area contributed by atoms with E-state index < -0.39 is 6.09 Å². The maximum absolute atomic E-state index is 12.2. The van der Waals surface area contributed by atoms with E-state index in [2.05, 4.69) is 4.74 Å². The van der Waals surface area contributed by atoms with Crippen molar-refractivity contribution in [2.24, 2.45) is 0 Å². The molecule has 2 heterocycles. The van der Waals surface area contributed by atoms with Crippen LogP contribution in [0.4, 0.5) is 4.79 Å². The molecule has 2 aliphatic rings. The molecule has 0 atom stereocenters. The topological polar surface area (TPSA) is 66.9 Å². The molecule has 6 nitrogen and oxygen atoms in total. The molecular formula is C15H14Cl2N2O4. The van der Waals surface area contributed by atoms with Gasteiger partial charge in [-0.15, -0.1) is 0 Å². The zero-order valence-corrected chi connectivity index (χ0v) is 13.6. The quantitative estimate of drug-likeness (QED) is 0.828. The Balaban J connectivity index is 1.51. The second kappa shape index (κ2) is 6.37. The Hall–Kier alpha value is -1.79. The normalized spacial score (nSPS) is 18.2. The molecule has 0 aliphatic carbocycles. The van der Waals surface area contributed by atoms with Crippen LogP contribution in [0.3, 0.4) is 0 Å². The summed E-state index contributed by atoms with van der Waals surface area (Å²) in [4.78, 5) is 37.8. The van der Waals surface area contributed by atoms with E-state index in [4.69, 9.17) is 23.2 Å². The van der Waals surface area contributed by atoms with Crippen molar-refractivity contribution in [3.8, 4) is 0 Å². The number of carbonyl (C=O) groups is 3. The van der Waals surface area contributed by atoms with E-state index in [1.54, 1.807) is 23.1 Å². The van der Waals surface area contributed by atoms with Crippen LogP contribution in [0.5, 0.6) is 0 Å². The number of nitrogens with zero attached hydrogens (tertiary/aromatic N) is 2. The van der Waals surface area contributed by atoms with Gasteiger partial charge in [0.05, 0.1) is 6.04 Å². The van der Waals surface area contributed by atoms with E-state index in [-0.39, 0.29) is 30.9 Å². The lowest BCUT2D eigenvalue weighted by molar-refractivity contribution is -0.142. The fourth-order valence-electron chi connectivity index (χ4n) is 2.70. The Morgan fingerprint density at radius 1 is 1.22 bits per heavy atom. The number of ether oxygens (including phenoxy) is 1. The van der Waals surface area contributed by atoms with Gasteiger partial charge in [0.1, 0.15) is 0 Å². The van der Waals surface area contributed by atoms with E-state index in [1.807, 2.05) is 0 Å². The van der Waals surface area contributed by atoms with Gasteiger partial charge in [-0.1, -0.05) is 29.3 Å². The minimum absolute atomic E-state index is 0.0581. The number of hydrogen-bond donors (Lipinski definition) is 0. The Morgan fingerprint density at radius 3 is 2.43 bits per heavy atom. The summed E-state index contributed by atoms with van der Waals surface area (Å²) in [5.74, 6) is -0.410. The van der Waals surface area contributed by atoms with Crippen molar-refractivity contribution in [2.45, 2.75) is 18.9 Å². The first-order chi connectivity index (χ1) is 11.0. The maximum Gasteiger partial charge on any atom is 0.417 e. The van der Waals surface area contributed by atoms with Crippen LogP contribution in [-0.4, -0.2) is 53.4 Å². The highest BCUT2D eigenvalue weighted by Gasteiger charge is 2.44. The highest BCUT2D eigenvalue weighted by Crippen LogP contribution is 2.26. The fourth-order valence-corrected chi connectivity index (χ4v) is 3.29. The molecule has 0 unspecified atom stereocenters. The van der Waals surface area contributed by atoms with Gasteiger partial charge in [0.25, 0.3) is 5.91 Å². The van der Waals surface area contributed by atoms with Crippen LogP contribution >= 0.6 is 23.2 Å². The molecule has 3 rings (SSSR count). The van der Waals surface area contributed by atoms with Crippen molar-refractivity contribution in [3.05, 3.63) is 33.8 Å². The third-order valence-corrected chi connectivity index (χ3v) is 4.72. The standard InChI is InChI=1S/C15H14Cl2N2O4/c16-11-2-1-3-12(17)10(11)4-5-13(20)18-6-9(7-18)19-14(21)8-23-15(19)22/h1-3,9H,4-8H2. The molecule has 0 spiro atoms. The monoisotopic (exact) mass is 356 g/mol. The van der Waals surface area contributed by atoms with Gasteiger partial charge < -0.3 is 9.64 Å². The molecule has 0 radical (unpaired) electrons. The summed E-state index contributed by atoms with van der Waals surface area (Å²) in [6.07, 6.45) is 0.0903. The van der Waals surface area contributed by atoms with E-state index in [1.165, 1.54) is 0 Å². The number of likely N-dealkylation sites (tertiary alicyclic amines) is 1. The van der Waals surface area contributed by atoms with Gasteiger partial charge in [0.15, 0.2) is 6.61 Å². The van der Waals surface area contributed by atoms with Gasteiger partial charge in [0.2, 0.25) is 5.91 Å². The smallest absolute Gasteiger partial charge is 0.417 e. The third-order valence-electron chi connectivity index (χ3n) is 4.02. The predicted octanol–water partition coefficient (Wildman–Crippen LogP) is 2.12. The molecule has 1 aromatic rings. The summed E-state index contributed by atoms with van der Waals surface area (Å²) < 4.78 is 4.67. The van der Waals surface area contributed by atoms with Gasteiger partial charge in [-0.25, -0.2) is 9.69 Å². The number of carbonyl (C=O) groups excluding carboxylic acids is 3. The van der Waals surface area contributed by atoms with Crippen molar-refractivity contribution in [3.63, 3.8) is 0 Å². The molecule has 0 bridgehead atoms. The Morgan fingerprint density at radius 2 is 1.87 bits per heavy atom. The SMILES string of the molecule is O=C(CCc1c(Cl)cccc1Cl)N1CC(N2C(=O)COC2=O)C1. The summed E-state index contributed by atoms with van der Waals surface area (Å²) in [6, 6.07) is 4.93. The molecule has 2 fully saturated rings. The van der Waals surface area contributed by atoms with E-state index in [9.17, 15) is 14.4 Å². The lowest BCUT2D eigenvalue weighted by Gasteiger charge is -2.42. The molecule has 23 heavy (non-hydrogen) atoms. The van der Waals surface area contributed by atoms with Crippen molar-refractivity contribution in [1.82, 2.24) is 9.80 Å². The molecule has 0 aromatic heterocycles. The molecule has 8 heteroatoms. The minimum Gasteiger partial charge on any atom is -0.439 e. The van der Waals surface area contributed by atoms with Crippen LogP contribution in [-0.2, 0) is 20.7 Å². The first-order valence-electron chi connectivity index (χ1n) is 7.17. The van der Waals surface area contributed by atoms with E-state index in [0.29, 0.717) is 29.6 Å². The average molecular weight is 357 g/mol. The van der Waals surface area contributed by atoms with Crippen LogP contribution in [0.2, 0.25) is 10.0 Å². The van der Waals surface area contributed by atoms with Crippen LogP contribution < -0.4 is 0 Å². The van der Waals surface area contributed by atoms with Crippen LogP contribution in [0.25, 0.3) is 0 Å². The molecule has 0 N–H and O–H groups in total. The fraction of sp³-hybridized carbons (Fsp3) is 0.400. The number of rotatable bonds is 4. The zero-order chi connectivity index (χ0) is 16.6. The lowest BCUT2D eigenvalue weighted by Crippen LogP contribution is -2.62. The predicted molar refractivity (Wildman–Crippen MR) is 83.3 cm³/mol. The summed E-state index contributed by atoms with van der Waals surface area (Å²) >= 11 is 12.2. The second-order valence-corrected chi connectivity index (χ2v) is 6.29. The summed E-state index contributed by atoms with van der Waals surface area (Å²) in [7, 11) is 0. The third kappa shape index (κ3) is 3.14. The largest absolute Gasteiger partial charge is 0.439 e. The Labute approximate surface area is 142 Å². The van der Waals surface area contributed by atoms with Crippen molar-refractivity contribution in [2.75, 3.05) is 19.7 Å². The molecular weight excluding hydrogens is 343 g/mol. The zero-order valence-electron chi connectivity index (χ0n) is 12.1. The Kier molecular flexibility index (Phi) is 4.46. The number of halogens is 2. The molecule has 2 saturated heterocycles. The lowest BCUT2D eigenvalue weighted by atomic mass is 10.0. The number of hydrogen-bond acceptors (Lipinski definition) is 4. The number of benzene rings is 1. The van der Waals surface area contributed by atoms with Gasteiger partial charge in [0, 0.05) is 29.6 Å². The Bertz CT molecular complexity index is 637. The van der Waals surface area contributed by atoms with Crippen LogP contribution in [0.15, 0.2) is 18.2 Å². The van der Waals surface area contributed by atoms with Crippen molar-refractivity contribution >= 4 is 41.1 Å². The number of amides is 3. The van der Waals surface area contributed by atoms with E-state index >= 15 is 0 Å². The molecule has 3 amide bonds. The summed E-state index contributed by atoms with van der Waals surface area (Å²) in [5, 5.41) is 1.08. The molecule has 2 aliphatic heterocycles. The highest BCUT2D eigenvalue weighted by molar-refractivity contribution is 6.36. The van der Waals surface area contributed by atoms with Gasteiger partial charge in [-0.05, 0) is 24.1 Å². The van der Waals surface area contributed by atoms with Gasteiger partial charge in [-0.2, -0.15) is 0 Å². The molecule has 122 valence electrons. The summed E-state index contributed by atoms with van der Waals surface area (Å²) in [5.41, 5.74) is 0.750. The van der Waals surface area contributed by atoms with E-state index in [0.717, 1.165) is 10.5 Å². The average Bonchev–Trinajstić information content (AvgIpc) is 2.77. The number of imide groups is 1. The van der Waals surface area contributed by atoms with Gasteiger partial charge >= 0.3 is 6.09 Å². The first kappa shape index (κ1) is 16.1. The maximum atomic E-state index is 12.2. The van der Waals surface area contributed by atoms with Gasteiger partial charge in [-0.3, -0.25) is 9.59 Å². The second-order valence-electron chi connectivity index (χ2n) is 5.47. The van der Waals surface area contributed by atoms with Crippen LogP contribution in [0.1, 0.15) is 12.0 Å². The molecule has 0 saturated carbocycles. The van der Waals surface area contributed by atoms with Crippen molar-refractivity contribution in [1.29, 1.82) is 0 Å². The molecule has 1 aromatic carbocycles.